The van der Waals surface area contributed by atoms with E-state index in [2.05, 4.69) is 13.8 Å². The van der Waals surface area contributed by atoms with Crippen molar-refractivity contribution in [2.24, 2.45) is 5.73 Å². The van der Waals surface area contributed by atoms with Gasteiger partial charge < -0.3 is 15.6 Å². The Labute approximate surface area is 140 Å². The lowest BCUT2D eigenvalue weighted by Gasteiger charge is -2.37. The number of ether oxygens (including phenoxy) is 1. The molecule has 5 heteroatoms. The van der Waals surface area contributed by atoms with Gasteiger partial charge in [-0.1, -0.05) is 43.6 Å². The van der Waals surface area contributed by atoms with Gasteiger partial charge in [-0.2, -0.15) is 0 Å². The molecule has 1 rings (SSSR count). The Balaban J connectivity index is 2.69. The smallest absolute Gasteiger partial charge is 0.323 e. The molecule has 23 heavy (non-hydrogen) atoms. The number of nitrogens with two attached hydrogens (primary N) is 1. The Morgan fingerprint density at radius 3 is 2.17 bits per heavy atom. The second kappa shape index (κ2) is 7.50. The van der Waals surface area contributed by atoms with Gasteiger partial charge in [-0.15, -0.1) is 0 Å². The summed E-state index contributed by atoms with van der Waals surface area (Å²) in [6.07, 6.45) is 0.306. The minimum atomic E-state index is -0.755. The quantitative estimate of drug-likeness (QED) is 0.591. The van der Waals surface area contributed by atoms with Crippen molar-refractivity contribution in [2.45, 2.75) is 71.0 Å². The Morgan fingerprint density at radius 2 is 1.74 bits per heavy atom. The molecule has 0 aliphatic rings. The molecule has 0 amide bonds. The second-order valence-corrected chi connectivity index (χ2v) is 7.73. The molecule has 0 bridgehead atoms. The van der Waals surface area contributed by atoms with E-state index >= 15 is 0 Å². The summed E-state index contributed by atoms with van der Waals surface area (Å²) in [5.41, 5.74) is 7.29. The number of hydrogen-bond donors (Lipinski definition) is 2. The topological polar surface area (TPSA) is 72.5 Å². The summed E-state index contributed by atoms with van der Waals surface area (Å²) in [4.78, 5) is 11.7. The third-order valence-electron chi connectivity index (χ3n) is 4.44. The van der Waals surface area contributed by atoms with Crippen LogP contribution in [-0.4, -0.2) is 36.1 Å². The molecule has 0 fully saturated rings. The van der Waals surface area contributed by atoms with Crippen LogP contribution in [0, 0.1) is 0 Å². The number of hydrogen-bond acceptors (Lipinski definition) is 4. The molecule has 1 aromatic carbocycles. The number of benzene rings is 1. The third-order valence-corrected chi connectivity index (χ3v) is 4.44. The minimum absolute atomic E-state index is 0.153. The van der Waals surface area contributed by atoms with Gasteiger partial charge in [0.15, 0.2) is 7.28 Å². The lowest BCUT2D eigenvalue weighted by Crippen LogP contribution is -2.41. The molecule has 0 radical (unpaired) electrons. The van der Waals surface area contributed by atoms with Crippen LogP contribution in [0.5, 0.6) is 0 Å². The molecule has 0 aromatic heterocycles. The first-order valence-corrected chi connectivity index (χ1v) is 8.18. The van der Waals surface area contributed by atoms with Crippen molar-refractivity contribution in [1.82, 2.24) is 0 Å². The van der Waals surface area contributed by atoms with Crippen LogP contribution >= 0.6 is 0 Å². The van der Waals surface area contributed by atoms with E-state index in [1.165, 1.54) is 0 Å². The van der Waals surface area contributed by atoms with Crippen molar-refractivity contribution in [3.63, 3.8) is 0 Å². The van der Waals surface area contributed by atoms with Gasteiger partial charge >= 0.3 is 5.97 Å². The fourth-order valence-corrected chi connectivity index (χ4v) is 2.18. The SMILES string of the molecule is CC(C)OC(=O)[C@@H](N)Cc1ccc(BC(C)(C)C(C)(C)O)cc1. The highest BCUT2D eigenvalue weighted by Crippen LogP contribution is 2.36. The van der Waals surface area contributed by atoms with Crippen LogP contribution < -0.4 is 11.2 Å². The van der Waals surface area contributed by atoms with Crippen LogP contribution in [0.25, 0.3) is 0 Å². The van der Waals surface area contributed by atoms with E-state index in [-0.39, 0.29) is 17.4 Å². The van der Waals surface area contributed by atoms with E-state index in [0.29, 0.717) is 6.42 Å². The van der Waals surface area contributed by atoms with E-state index in [1.807, 2.05) is 52.0 Å². The monoisotopic (exact) mass is 319 g/mol. The largest absolute Gasteiger partial charge is 0.462 e. The summed E-state index contributed by atoms with van der Waals surface area (Å²) in [5.74, 6) is -0.368. The number of carbonyl (C=O) groups excluding carboxylic acids is 1. The van der Waals surface area contributed by atoms with E-state index in [1.54, 1.807) is 0 Å². The highest BCUT2D eigenvalue weighted by atomic mass is 16.5. The van der Waals surface area contributed by atoms with Crippen molar-refractivity contribution in [1.29, 1.82) is 0 Å². The van der Waals surface area contributed by atoms with Gasteiger partial charge in [0, 0.05) is 0 Å². The summed E-state index contributed by atoms with van der Waals surface area (Å²) in [6, 6.07) is 7.39. The Bertz CT molecular complexity index is 518. The summed E-state index contributed by atoms with van der Waals surface area (Å²) in [6.45, 7) is 11.4. The van der Waals surface area contributed by atoms with Gasteiger partial charge in [0.05, 0.1) is 11.7 Å². The summed E-state index contributed by atoms with van der Waals surface area (Å²) >= 11 is 0. The lowest BCUT2D eigenvalue weighted by molar-refractivity contribution is -0.148. The molecule has 1 atom stereocenters. The summed E-state index contributed by atoms with van der Waals surface area (Å²) in [7, 11) is 0.776. The third kappa shape index (κ3) is 6.00. The van der Waals surface area contributed by atoms with Crippen LogP contribution in [0.1, 0.15) is 47.1 Å². The van der Waals surface area contributed by atoms with Gasteiger partial charge in [0.2, 0.25) is 0 Å². The van der Waals surface area contributed by atoms with Crippen molar-refractivity contribution in [2.75, 3.05) is 0 Å². The number of aliphatic hydroxyl groups is 1. The lowest BCUT2D eigenvalue weighted by atomic mass is 9.45. The molecular weight excluding hydrogens is 289 g/mol. The van der Waals surface area contributed by atoms with Gasteiger partial charge in [-0.3, -0.25) is 4.79 Å². The molecule has 0 saturated heterocycles. The number of esters is 1. The predicted octanol–water partition coefficient (Wildman–Crippen LogP) is 1.54. The Morgan fingerprint density at radius 1 is 1.22 bits per heavy atom. The Kier molecular flexibility index (Phi) is 6.43. The molecule has 0 aliphatic heterocycles. The maximum Gasteiger partial charge on any atom is 0.323 e. The Hall–Kier alpha value is -1.33. The molecule has 0 spiro atoms. The minimum Gasteiger partial charge on any atom is -0.462 e. The second-order valence-electron chi connectivity index (χ2n) is 7.73. The summed E-state index contributed by atoms with van der Waals surface area (Å²) in [5, 5.41) is 10.0. The van der Waals surface area contributed by atoms with Gasteiger partial charge in [-0.25, -0.2) is 0 Å². The predicted molar refractivity (Wildman–Crippen MR) is 96.5 cm³/mol. The van der Waals surface area contributed by atoms with Crippen LogP contribution in [0.3, 0.4) is 0 Å². The van der Waals surface area contributed by atoms with Crippen LogP contribution in [0.4, 0.5) is 0 Å². The zero-order valence-electron chi connectivity index (χ0n) is 15.2. The average Bonchev–Trinajstić information content (AvgIpc) is 2.38. The van der Waals surface area contributed by atoms with Crippen LogP contribution in [-0.2, 0) is 16.0 Å². The van der Waals surface area contributed by atoms with Crippen LogP contribution in [0.2, 0.25) is 5.31 Å². The molecule has 1 aromatic rings. The van der Waals surface area contributed by atoms with E-state index < -0.39 is 11.6 Å². The molecule has 128 valence electrons. The maximum atomic E-state index is 11.7. The van der Waals surface area contributed by atoms with E-state index in [0.717, 1.165) is 18.3 Å². The van der Waals surface area contributed by atoms with Crippen molar-refractivity contribution in [3.8, 4) is 0 Å². The van der Waals surface area contributed by atoms with Crippen molar-refractivity contribution < 1.29 is 14.6 Å². The highest BCUT2D eigenvalue weighted by molar-refractivity contribution is 6.57. The molecule has 3 N–H and O–H groups in total. The molecule has 0 saturated carbocycles. The van der Waals surface area contributed by atoms with E-state index in [4.69, 9.17) is 10.5 Å². The maximum absolute atomic E-state index is 11.7. The van der Waals surface area contributed by atoms with Crippen molar-refractivity contribution in [3.05, 3.63) is 29.8 Å². The highest BCUT2D eigenvalue weighted by Gasteiger charge is 2.35. The molecule has 4 nitrogen and oxygen atoms in total. The molecule has 0 heterocycles. The zero-order valence-corrected chi connectivity index (χ0v) is 15.2. The number of rotatable bonds is 7. The normalized spacial score (nSPS) is 13.8. The van der Waals surface area contributed by atoms with Gasteiger partial charge in [-0.05, 0) is 45.0 Å². The van der Waals surface area contributed by atoms with Gasteiger partial charge in [0.1, 0.15) is 6.04 Å². The first-order valence-electron chi connectivity index (χ1n) is 8.18. The molecular formula is C18H30BNO3. The molecule has 0 unspecified atom stereocenters. The van der Waals surface area contributed by atoms with Crippen molar-refractivity contribution >= 4 is 18.7 Å². The molecule has 0 aliphatic carbocycles. The van der Waals surface area contributed by atoms with Crippen LogP contribution in [0.15, 0.2) is 24.3 Å². The zero-order chi connectivity index (χ0) is 17.8. The first-order chi connectivity index (χ1) is 10.4. The average molecular weight is 319 g/mol. The first kappa shape index (κ1) is 19.7. The number of carbonyl (C=O) groups is 1. The van der Waals surface area contributed by atoms with Gasteiger partial charge in [0.25, 0.3) is 0 Å². The fraction of sp³-hybridized carbons (Fsp3) is 0.611. The van der Waals surface area contributed by atoms with E-state index in [9.17, 15) is 9.90 Å². The fourth-order valence-electron chi connectivity index (χ4n) is 2.18. The summed E-state index contributed by atoms with van der Waals surface area (Å²) < 4.78 is 5.12. The standard InChI is InChI=1S/C18H30BNO3/c1-12(2)23-16(21)15(20)11-13-7-9-14(10-8-13)19-17(3,4)18(5,6)22/h7-10,12,15,19,22H,11,20H2,1-6H3/t15-/m0/s1.